The monoisotopic (exact) mass is 171 g/mol. The molecule has 1 rings (SSSR count). The molecule has 0 aliphatic heterocycles. The van der Waals surface area contributed by atoms with E-state index in [9.17, 15) is 13.2 Å². The van der Waals surface area contributed by atoms with Crippen molar-refractivity contribution in [1.82, 2.24) is 14.5 Å². The Bertz CT molecular complexity index is 229. The highest BCUT2D eigenvalue weighted by atomic mass is 35.5. The lowest BCUT2D eigenvalue weighted by atomic mass is 10.5. The van der Waals surface area contributed by atoms with Gasteiger partial charge in [-0.05, 0) is 0 Å². The fourth-order valence-corrected chi connectivity index (χ4v) is 0.500. The molecule has 0 spiro atoms. The van der Waals surface area contributed by atoms with Crippen molar-refractivity contribution in [3.63, 3.8) is 0 Å². The van der Waals surface area contributed by atoms with Crippen LogP contribution in [-0.4, -0.2) is 14.5 Å². The molecule has 3 nitrogen and oxygen atoms in total. The molecule has 0 aliphatic rings. The Balaban J connectivity index is 2.96. The van der Waals surface area contributed by atoms with Gasteiger partial charge >= 0.3 is 6.18 Å². The molecule has 10 heavy (non-hydrogen) atoms. The SMILES string of the molecule is FC(F)(F)c1cn(Cl)nn1. The lowest BCUT2D eigenvalue weighted by Crippen LogP contribution is -2.04. The predicted molar refractivity (Wildman–Crippen MR) is 26.3 cm³/mol. The van der Waals surface area contributed by atoms with Crippen LogP contribution < -0.4 is 0 Å². The van der Waals surface area contributed by atoms with Gasteiger partial charge in [-0.15, -0.1) is 5.10 Å². The van der Waals surface area contributed by atoms with Crippen molar-refractivity contribution < 1.29 is 13.2 Å². The van der Waals surface area contributed by atoms with Crippen LogP contribution in [0.3, 0.4) is 0 Å². The Morgan fingerprint density at radius 2 is 2.10 bits per heavy atom. The van der Waals surface area contributed by atoms with Gasteiger partial charge in [0, 0.05) is 11.8 Å². The number of halogens is 4. The van der Waals surface area contributed by atoms with Gasteiger partial charge in [0.05, 0.1) is 6.20 Å². The first-order chi connectivity index (χ1) is 4.50. The molecule has 1 heterocycles. The van der Waals surface area contributed by atoms with Gasteiger partial charge < -0.3 is 0 Å². The molecule has 7 heteroatoms. The summed E-state index contributed by atoms with van der Waals surface area (Å²) < 4.78 is 35.4. The molecule has 1 aromatic heterocycles. The first kappa shape index (κ1) is 7.33. The van der Waals surface area contributed by atoms with Gasteiger partial charge in [0.1, 0.15) is 0 Å². The maximum atomic E-state index is 11.6. The summed E-state index contributed by atoms with van der Waals surface area (Å²) in [4.78, 5) is 0. The van der Waals surface area contributed by atoms with E-state index in [-0.39, 0.29) is 0 Å². The summed E-state index contributed by atoms with van der Waals surface area (Å²) in [7, 11) is 0. The van der Waals surface area contributed by atoms with Crippen molar-refractivity contribution in [3.05, 3.63) is 11.9 Å². The van der Waals surface area contributed by atoms with E-state index in [2.05, 4.69) is 10.3 Å². The number of aromatic nitrogens is 3. The molecule has 0 aliphatic carbocycles. The Labute approximate surface area is 58.5 Å². The van der Waals surface area contributed by atoms with E-state index in [1.807, 2.05) is 0 Å². The number of rotatable bonds is 0. The van der Waals surface area contributed by atoms with Crippen molar-refractivity contribution >= 4 is 11.8 Å². The van der Waals surface area contributed by atoms with E-state index in [0.717, 1.165) is 0 Å². The van der Waals surface area contributed by atoms with Crippen molar-refractivity contribution in [2.45, 2.75) is 6.18 Å². The van der Waals surface area contributed by atoms with Crippen molar-refractivity contribution in [3.8, 4) is 0 Å². The van der Waals surface area contributed by atoms with Gasteiger partial charge in [-0.25, -0.2) is 0 Å². The molecule has 56 valence electrons. The third-order valence-electron chi connectivity index (χ3n) is 0.757. The lowest BCUT2D eigenvalue weighted by molar-refractivity contribution is -0.141. The summed E-state index contributed by atoms with van der Waals surface area (Å²) in [6, 6.07) is 0. The molecule has 0 saturated heterocycles. The second kappa shape index (κ2) is 2.12. The van der Waals surface area contributed by atoms with Crippen LogP contribution in [0.4, 0.5) is 13.2 Å². The third kappa shape index (κ3) is 1.38. The quantitative estimate of drug-likeness (QED) is 0.589. The zero-order valence-electron chi connectivity index (χ0n) is 4.43. The fourth-order valence-electron chi connectivity index (χ4n) is 0.373. The van der Waals surface area contributed by atoms with Crippen LogP contribution in [0.2, 0.25) is 0 Å². The van der Waals surface area contributed by atoms with Crippen LogP contribution in [0.5, 0.6) is 0 Å². The highest BCUT2D eigenvalue weighted by Crippen LogP contribution is 2.26. The van der Waals surface area contributed by atoms with E-state index in [1.54, 1.807) is 0 Å². The summed E-state index contributed by atoms with van der Waals surface area (Å²) in [6.45, 7) is 0. The van der Waals surface area contributed by atoms with Gasteiger partial charge in [-0.1, -0.05) is 5.21 Å². The number of nitrogens with zero attached hydrogens (tertiary/aromatic N) is 3. The molecule has 0 amide bonds. The van der Waals surface area contributed by atoms with Gasteiger partial charge in [-0.3, -0.25) is 0 Å². The maximum Gasteiger partial charge on any atom is 0.436 e. The van der Waals surface area contributed by atoms with Crippen LogP contribution in [0.1, 0.15) is 5.69 Å². The van der Waals surface area contributed by atoms with Crippen molar-refractivity contribution in [2.75, 3.05) is 0 Å². The average molecular weight is 172 g/mol. The van der Waals surface area contributed by atoms with Crippen LogP contribution in [0, 0.1) is 0 Å². The normalized spacial score (nSPS) is 12.0. The summed E-state index contributed by atoms with van der Waals surface area (Å²) in [6.07, 6.45) is -3.88. The second-order valence-electron chi connectivity index (χ2n) is 1.49. The molecular weight excluding hydrogens is 171 g/mol. The maximum absolute atomic E-state index is 11.6. The van der Waals surface area contributed by atoms with Gasteiger partial charge in [0.25, 0.3) is 0 Å². The van der Waals surface area contributed by atoms with Crippen LogP contribution in [-0.2, 0) is 6.18 Å². The minimum Gasteiger partial charge on any atom is -0.164 e. The fraction of sp³-hybridized carbons (Fsp3) is 0.333. The van der Waals surface area contributed by atoms with Gasteiger partial charge in [0.2, 0.25) is 0 Å². The average Bonchev–Trinajstić information content (AvgIpc) is 2.11. The molecule has 0 aromatic carbocycles. The molecule has 0 N–H and O–H groups in total. The van der Waals surface area contributed by atoms with E-state index in [4.69, 9.17) is 11.8 Å². The first-order valence-corrected chi connectivity index (χ1v) is 2.49. The molecule has 0 radical (unpaired) electrons. The molecule has 0 unspecified atom stereocenters. The molecule has 0 saturated carbocycles. The smallest absolute Gasteiger partial charge is 0.164 e. The Kier molecular flexibility index (Phi) is 1.55. The minimum absolute atomic E-state index is 0.475. The van der Waals surface area contributed by atoms with Crippen molar-refractivity contribution in [1.29, 1.82) is 0 Å². The Hall–Kier alpha value is -0.780. The van der Waals surface area contributed by atoms with Crippen LogP contribution >= 0.6 is 11.8 Å². The highest BCUT2D eigenvalue weighted by Gasteiger charge is 2.34. The van der Waals surface area contributed by atoms with Gasteiger partial charge in [0.15, 0.2) is 5.69 Å². The molecule has 0 atom stereocenters. The third-order valence-corrected chi connectivity index (χ3v) is 0.922. The standard InChI is InChI=1S/C3HClF3N3/c4-10-1-2(8-9-10)3(5,6)7/h1H. The Morgan fingerprint density at radius 3 is 2.30 bits per heavy atom. The largest absolute Gasteiger partial charge is 0.436 e. The number of alkyl halides is 3. The summed E-state index contributed by atoms with van der Waals surface area (Å²) >= 11 is 5.01. The minimum atomic E-state index is -4.47. The van der Waals surface area contributed by atoms with Gasteiger partial charge in [-0.2, -0.15) is 17.4 Å². The summed E-state index contributed by atoms with van der Waals surface area (Å²) in [5.74, 6) is 0. The van der Waals surface area contributed by atoms with E-state index >= 15 is 0 Å². The van der Waals surface area contributed by atoms with E-state index < -0.39 is 11.9 Å². The molecule has 0 fully saturated rings. The second-order valence-corrected chi connectivity index (χ2v) is 1.84. The van der Waals surface area contributed by atoms with Crippen LogP contribution in [0.25, 0.3) is 0 Å². The van der Waals surface area contributed by atoms with Crippen molar-refractivity contribution in [2.24, 2.45) is 0 Å². The Morgan fingerprint density at radius 1 is 1.50 bits per heavy atom. The number of hydrogen-bond donors (Lipinski definition) is 0. The predicted octanol–water partition coefficient (Wildman–Crippen LogP) is 1.30. The van der Waals surface area contributed by atoms with Crippen LogP contribution in [0.15, 0.2) is 6.20 Å². The van der Waals surface area contributed by atoms with E-state index in [1.165, 1.54) is 0 Å². The molecular formula is C3HClF3N3. The summed E-state index contributed by atoms with van der Waals surface area (Å²) in [5.41, 5.74) is -1.09. The van der Waals surface area contributed by atoms with E-state index in [0.29, 0.717) is 10.4 Å². The molecule has 0 bridgehead atoms. The first-order valence-electron chi connectivity index (χ1n) is 2.16. The highest BCUT2D eigenvalue weighted by molar-refractivity contribution is 6.14. The zero-order valence-corrected chi connectivity index (χ0v) is 5.19. The summed E-state index contributed by atoms with van der Waals surface area (Å²) in [5, 5.41) is 5.64. The molecule has 1 aromatic rings. The number of hydrogen-bond acceptors (Lipinski definition) is 2. The zero-order chi connectivity index (χ0) is 7.78. The lowest BCUT2D eigenvalue weighted by Gasteiger charge is -1.97. The topological polar surface area (TPSA) is 30.7 Å².